The molecule has 0 saturated heterocycles. The van der Waals surface area contributed by atoms with Crippen molar-refractivity contribution in [2.75, 3.05) is 5.32 Å². The summed E-state index contributed by atoms with van der Waals surface area (Å²) < 4.78 is 5.86. The van der Waals surface area contributed by atoms with E-state index in [0.717, 1.165) is 42.4 Å². The number of hydrogen-bond donors (Lipinski definition) is 1. The van der Waals surface area contributed by atoms with E-state index < -0.39 is 0 Å². The van der Waals surface area contributed by atoms with Crippen molar-refractivity contribution in [1.82, 2.24) is 0 Å². The summed E-state index contributed by atoms with van der Waals surface area (Å²) in [6.07, 6.45) is 4.25. The molecule has 0 spiro atoms. The van der Waals surface area contributed by atoms with Crippen LogP contribution < -0.4 is 5.32 Å². The van der Waals surface area contributed by atoms with Crippen molar-refractivity contribution in [1.29, 1.82) is 15.8 Å². The number of benzene rings is 1. The van der Waals surface area contributed by atoms with Gasteiger partial charge in [0.05, 0.1) is 0 Å². The lowest BCUT2D eigenvalue weighted by Gasteiger charge is -2.09. The highest BCUT2D eigenvalue weighted by molar-refractivity contribution is 5.86. The van der Waals surface area contributed by atoms with E-state index in [0.29, 0.717) is 5.69 Å². The lowest BCUT2D eigenvalue weighted by molar-refractivity contribution is 0.506. The number of allylic oxidation sites excluding steroid dienone is 2. The van der Waals surface area contributed by atoms with E-state index in [-0.39, 0.29) is 11.3 Å². The minimum Gasteiger partial charge on any atom is -0.461 e. The summed E-state index contributed by atoms with van der Waals surface area (Å²) in [6.45, 7) is 0. The molecule has 0 radical (unpaired) electrons. The maximum Gasteiger partial charge on any atom is 0.163 e. The van der Waals surface area contributed by atoms with Crippen LogP contribution in [0.2, 0.25) is 0 Å². The second-order valence-electron chi connectivity index (χ2n) is 5.13. The van der Waals surface area contributed by atoms with Crippen LogP contribution >= 0.6 is 0 Å². The molecule has 0 fully saturated rings. The average Bonchev–Trinajstić information content (AvgIpc) is 2.93. The fraction of sp³-hybridized carbons (Fsp3) is 0.235. The van der Waals surface area contributed by atoms with Crippen LogP contribution in [-0.4, -0.2) is 0 Å². The second kappa shape index (κ2) is 5.64. The average molecular weight is 288 g/mol. The monoisotopic (exact) mass is 288 g/mol. The molecule has 2 aromatic rings. The number of nitrogens with one attached hydrogen (secondary N) is 1. The maximum absolute atomic E-state index is 9.09. The van der Waals surface area contributed by atoms with E-state index in [1.54, 1.807) is 18.2 Å². The first-order valence-corrected chi connectivity index (χ1v) is 7.02. The number of fused-ring (bicyclic) bond motifs is 3. The largest absolute Gasteiger partial charge is 0.461 e. The molecule has 0 saturated carbocycles. The van der Waals surface area contributed by atoms with Gasteiger partial charge >= 0.3 is 0 Å². The lowest BCUT2D eigenvalue weighted by Crippen LogP contribution is -2.01. The SMILES string of the molecule is N#CC(C#N)=C(C#N)Nc1ccc2oc3c(c2c1)CCCC3. The van der Waals surface area contributed by atoms with E-state index in [4.69, 9.17) is 20.2 Å². The third-order valence-corrected chi connectivity index (χ3v) is 3.81. The number of furan rings is 1. The summed E-state index contributed by atoms with van der Waals surface area (Å²) in [5.41, 5.74) is 2.47. The molecule has 106 valence electrons. The quantitative estimate of drug-likeness (QED) is 0.852. The highest BCUT2D eigenvalue weighted by Crippen LogP contribution is 2.33. The molecule has 0 aliphatic heterocycles. The van der Waals surface area contributed by atoms with Crippen LogP contribution in [0.1, 0.15) is 24.2 Å². The Balaban J connectivity index is 2.03. The molecule has 0 unspecified atom stereocenters. The summed E-state index contributed by atoms with van der Waals surface area (Å²) in [4.78, 5) is 0. The highest BCUT2D eigenvalue weighted by Gasteiger charge is 2.18. The van der Waals surface area contributed by atoms with Crippen LogP contribution in [0.15, 0.2) is 33.9 Å². The molecule has 22 heavy (non-hydrogen) atoms. The van der Waals surface area contributed by atoms with Crippen molar-refractivity contribution in [2.24, 2.45) is 0 Å². The summed E-state index contributed by atoms with van der Waals surface area (Å²) >= 11 is 0. The molecule has 1 heterocycles. The van der Waals surface area contributed by atoms with Gasteiger partial charge in [-0.3, -0.25) is 0 Å². The molecule has 1 aliphatic carbocycles. The van der Waals surface area contributed by atoms with Gasteiger partial charge in [0.2, 0.25) is 0 Å². The topological polar surface area (TPSA) is 96.5 Å². The molecular weight excluding hydrogens is 276 g/mol. The Kier molecular flexibility index (Phi) is 3.52. The number of nitrogens with zero attached hydrogens (tertiary/aromatic N) is 3. The second-order valence-corrected chi connectivity index (χ2v) is 5.13. The van der Waals surface area contributed by atoms with Crippen LogP contribution in [0.3, 0.4) is 0 Å². The zero-order valence-corrected chi connectivity index (χ0v) is 11.8. The Bertz CT molecular complexity index is 884. The van der Waals surface area contributed by atoms with Gasteiger partial charge in [0.15, 0.2) is 5.57 Å². The Labute approximate surface area is 127 Å². The van der Waals surface area contributed by atoms with Crippen molar-refractivity contribution in [2.45, 2.75) is 25.7 Å². The number of aryl methyl sites for hydroxylation is 2. The van der Waals surface area contributed by atoms with E-state index in [1.165, 1.54) is 5.56 Å². The zero-order chi connectivity index (χ0) is 15.5. The first-order chi connectivity index (χ1) is 10.8. The van der Waals surface area contributed by atoms with Gasteiger partial charge in [-0.05, 0) is 37.5 Å². The molecular formula is C17H12N4O. The Morgan fingerprint density at radius 2 is 1.82 bits per heavy atom. The van der Waals surface area contributed by atoms with Crippen LogP contribution in [0.25, 0.3) is 11.0 Å². The van der Waals surface area contributed by atoms with Gasteiger partial charge in [-0.1, -0.05) is 0 Å². The standard InChI is InChI=1S/C17H12N4O/c18-8-11(9-19)15(10-20)21-12-5-6-17-14(7-12)13-3-1-2-4-16(13)22-17/h5-7,21H,1-4H2. The summed E-state index contributed by atoms with van der Waals surface area (Å²) in [6, 6.07) is 10.8. The molecule has 5 heteroatoms. The van der Waals surface area contributed by atoms with E-state index in [9.17, 15) is 0 Å². The smallest absolute Gasteiger partial charge is 0.163 e. The summed E-state index contributed by atoms with van der Waals surface area (Å²) in [5, 5.41) is 30.7. The third-order valence-electron chi connectivity index (χ3n) is 3.81. The number of hydrogen-bond acceptors (Lipinski definition) is 5. The zero-order valence-electron chi connectivity index (χ0n) is 11.8. The molecule has 0 amide bonds. The Hall–Kier alpha value is -3.23. The number of anilines is 1. The van der Waals surface area contributed by atoms with E-state index in [1.807, 2.05) is 18.2 Å². The normalized spacial score (nSPS) is 12.6. The van der Waals surface area contributed by atoms with Crippen LogP contribution in [0.5, 0.6) is 0 Å². The molecule has 0 atom stereocenters. The molecule has 1 aromatic carbocycles. The van der Waals surface area contributed by atoms with Crippen molar-refractivity contribution >= 4 is 16.7 Å². The van der Waals surface area contributed by atoms with Crippen LogP contribution in [0.4, 0.5) is 5.69 Å². The first kappa shape index (κ1) is 13.7. The predicted octanol–water partition coefficient (Wildman–Crippen LogP) is 3.55. The lowest BCUT2D eigenvalue weighted by atomic mass is 9.96. The van der Waals surface area contributed by atoms with Crippen LogP contribution in [-0.2, 0) is 12.8 Å². The van der Waals surface area contributed by atoms with Crippen molar-refractivity contribution in [3.05, 3.63) is 40.8 Å². The fourth-order valence-electron chi connectivity index (χ4n) is 2.77. The van der Waals surface area contributed by atoms with Gasteiger partial charge in [0.25, 0.3) is 0 Å². The van der Waals surface area contributed by atoms with E-state index in [2.05, 4.69) is 5.32 Å². The van der Waals surface area contributed by atoms with Gasteiger partial charge in [0, 0.05) is 23.1 Å². The van der Waals surface area contributed by atoms with Crippen LogP contribution in [0, 0.1) is 34.0 Å². The molecule has 1 N–H and O–H groups in total. The number of nitriles is 3. The predicted molar refractivity (Wildman–Crippen MR) is 80.3 cm³/mol. The molecule has 0 bridgehead atoms. The molecule has 5 nitrogen and oxygen atoms in total. The third kappa shape index (κ3) is 2.28. The van der Waals surface area contributed by atoms with Gasteiger partial charge in [-0.15, -0.1) is 0 Å². The summed E-state index contributed by atoms with van der Waals surface area (Å²) in [5.74, 6) is 1.05. The molecule has 3 rings (SSSR count). The van der Waals surface area contributed by atoms with Gasteiger partial charge in [-0.25, -0.2) is 0 Å². The highest BCUT2D eigenvalue weighted by atomic mass is 16.3. The molecule has 1 aromatic heterocycles. The van der Waals surface area contributed by atoms with Crippen molar-refractivity contribution in [3.8, 4) is 18.2 Å². The van der Waals surface area contributed by atoms with Crippen molar-refractivity contribution in [3.63, 3.8) is 0 Å². The van der Waals surface area contributed by atoms with Crippen molar-refractivity contribution < 1.29 is 4.42 Å². The van der Waals surface area contributed by atoms with Gasteiger partial charge < -0.3 is 9.73 Å². The van der Waals surface area contributed by atoms with Gasteiger partial charge in [-0.2, -0.15) is 15.8 Å². The minimum atomic E-state index is -0.225. The Morgan fingerprint density at radius 1 is 1.05 bits per heavy atom. The van der Waals surface area contributed by atoms with Gasteiger partial charge in [0.1, 0.15) is 35.2 Å². The maximum atomic E-state index is 9.09. The minimum absolute atomic E-state index is 0.0401. The Morgan fingerprint density at radius 3 is 2.55 bits per heavy atom. The first-order valence-electron chi connectivity index (χ1n) is 7.02. The fourth-order valence-corrected chi connectivity index (χ4v) is 2.77. The molecule has 1 aliphatic rings. The number of rotatable bonds is 2. The van der Waals surface area contributed by atoms with E-state index >= 15 is 0 Å². The summed E-state index contributed by atoms with van der Waals surface area (Å²) in [7, 11) is 0.